The highest BCUT2D eigenvalue weighted by atomic mass is 35.5. The molecule has 0 saturated carbocycles. The molecule has 0 aliphatic heterocycles. The molecule has 2 aromatic carbocycles. The Balaban J connectivity index is 1.68. The van der Waals surface area contributed by atoms with Crippen molar-refractivity contribution >= 4 is 58.2 Å². The third-order valence-electron chi connectivity index (χ3n) is 3.69. The van der Waals surface area contributed by atoms with Crippen LogP contribution in [0.4, 0.5) is 17.2 Å². The van der Waals surface area contributed by atoms with Crippen molar-refractivity contribution in [2.45, 2.75) is 0 Å². The highest BCUT2D eigenvalue weighted by Gasteiger charge is 2.07. The molecule has 0 aliphatic rings. The van der Waals surface area contributed by atoms with Crippen LogP contribution in [0, 0.1) is 0 Å². The zero-order chi connectivity index (χ0) is 18.5. The smallest absolute Gasteiger partial charge is 0.166 e. The number of hydrogen-bond acceptors (Lipinski definition) is 4. The van der Waals surface area contributed by atoms with Crippen LogP contribution in [0.3, 0.4) is 0 Å². The van der Waals surface area contributed by atoms with Gasteiger partial charge in [0.1, 0.15) is 5.15 Å². The van der Waals surface area contributed by atoms with Gasteiger partial charge >= 0.3 is 0 Å². The normalized spacial score (nSPS) is 10.9. The highest BCUT2D eigenvalue weighted by Crippen LogP contribution is 2.28. The van der Waals surface area contributed by atoms with Gasteiger partial charge < -0.3 is 4.90 Å². The molecule has 0 spiro atoms. The molecular weight excluding hydrogens is 391 g/mol. The largest absolute Gasteiger partial charge is 0.345 e. The standard InChI is InChI=1S/C19H15Cl3N4/c1-26(14-5-3-2-4-6-14)15-9-7-13(8-10-15)12-23-25-19-17(21)11-16(20)18(22)24-19/h2-12H,1H3,(H,24,25). The maximum atomic E-state index is 6.05. The lowest BCUT2D eigenvalue weighted by atomic mass is 10.2. The van der Waals surface area contributed by atoms with Crippen molar-refractivity contribution in [3.05, 3.63) is 81.4 Å². The van der Waals surface area contributed by atoms with Gasteiger partial charge in [-0.3, -0.25) is 5.43 Å². The summed E-state index contributed by atoms with van der Waals surface area (Å²) in [5, 5.41) is 4.95. The van der Waals surface area contributed by atoms with Gasteiger partial charge in [-0.05, 0) is 35.9 Å². The van der Waals surface area contributed by atoms with Crippen molar-refractivity contribution < 1.29 is 0 Å². The maximum absolute atomic E-state index is 6.05. The Morgan fingerprint density at radius 2 is 1.58 bits per heavy atom. The summed E-state index contributed by atoms with van der Waals surface area (Å²) in [7, 11) is 2.03. The molecule has 0 fully saturated rings. The van der Waals surface area contributed by atoms with Crippen molar-refractivity contribution in [1.29, 1.82) is 0 Å². The third kappa shape index (κ3) is 4.47. The number of hydrogen-bond donors (Lipinski definition) is 1. The Labute approximate surface area is 167 Å². The summed E-state index contributed by atoms with van der Waals surface area (Å²) < 4.78 is 0. The Bertz CT molecular complexity index is 912. The molecule has 4 nitrogen and oxygen atoms in total. The van der Waals surface area contributed by atoms with E-state index in [1.807, 2.05) is 49.5 Å². The second kappa shape index (κ2) is 8.41. The summed E-state index contributed by atoms with van der Waals surface area (Å²) in [5.41, 5.74) is 5.90. The van der Waals surface area contributed by atoms with Crippen LogP contribution >= 0.6 is 34.8 Å². The van der Waals surface area contributed by atoms with E-state index < -0.39 is 0 Å². The van der Waals surface area contributed by atoms with Gasteiger partial charge in [-0.1, -0.05) is 65.1 Å². The molecule has 3 aromatic rings. The van der Waals surface area contributed by atoms with Gasteiger partial charge in [0.05, 0.1) is 16.3 Å². The zero-order valence-electron chi connectivity index (χ0n) is 13.8. The fourth-order valence-electron chi connectivity index (χ4n) is 2.28. The summed E-state index contributed by atoms with van der Waals surface area (Å²) in [6.45, 7) is 0. The summed E-state index contributed by atoms with van der Waals surface area (Å²) in [6.07, 6.45) is 1.67. The van der Waals surface area contributed by atoms with E-state index >= 15 is 0 Å². The van der Waals surface area contributed by atoms with Gasteiger partial charge in [-0.15, -0.1) is 0 Å². The first kappa shape index (κ1) is 18.5. The molecule has 1 heterocycles. The molecule has 7 heteroatoms. The quantitative estimate of drug-likeness (QED) is 0.309. The van der Waals surface area contributed by atoms with Gasteiger partial charge in [0.25, 0.3) is 0 Å². The lowest BCUT2D eigenvalue weighted by Crippen LogP contribution is -2.08. The number of benzene rings is 2. The fourth-order valence-corrected chi connectivity index (χ4v) is 2.82. The Kier molecular flexibility index (Phi) is 5.99. The van der Waals surface area contributed by atoms with Crippen LogP contribution in [0.15, 0.2) is 65.8 Å². The molecule has 0 aliphatic carbocycles. The topological polar surface area (TPSA) is 40.5 Å². The number of rotatable bonds is 5. The molecule has 0 amide bonds. The predicted molar refractivity (Wildman–Crippen MR) is 111 cm³/mol. The molecule has 0 unspecified atom stereocenters. The molecule has 0 bridgehead atoms. The Morgan fingerprint density at radius 3 is 2.27 bits per heavy atom. The number of aromatic nitrogens is 1. The molecule has 3 rings (SSSR count). The van der Waals surface area contributed by atoms with E-state index in [1.165, 1.54) is 6.07 Å². The van der Waals surface area contributed by atoms with Crippen LogP contribution in [0.2, 0.25) is 15.2 Å². The second-order valence-corrected chi connectivity index (χ2v) is 6.62. The van der Waals surface area contributed by atoms with Crippen LogP contribution in [-0.4, -0.2) is 18.2 Å². The number of hydrazone groups is 1. The maximum Gasteiger partial charge on any atom is 0.166 e. The van der Waals surface area contributed by atoms with Gasteiger partial charge in [-0.2, -0.15) is 5.10 Å². The molecule has 1 N–H and O–H groups in total. The summed E-state index contributed by atoms with van der Waals surface area (Å²) >= 11 is 17.8. The monoisotopic (exact) mass is 404 g/mol. The second-order valence-electron chi connectivity index (χ2n) is 5.45. The van der Waals surface area contributed by atoms with E-state index in [1.54, 1.807) is 6.21 Å². The lowest BCUT2D eigenvalue weighted by Gasteiger charge is -2.19. The van der Waals surface area contributed by atoms with Crippen LogP contribution < -0.4 is 10.3 Å². The minimum atomic E-state index is 0.169. The van der Waals surface area contributed by atoms with Crippen LogP contribution in [-0.2, 0) is 0 Å². The van der Waals surface area contributed by atoms with Gasteiger partial charge in [0.2, 0.25) is 0 Å². The lowest BCUT2D eigenvalue weighted by molar-refractivity contribution is 1.21. The van der Waals surface area contributed by atoms with E-state index in [9.17, 15) is 0 Å². The van der Waals surface area contributed by atoms with Gasteiger partial charge in [0.15, 0.2) is 5.82 Å². The number of pyridine rings is 1. The van der Waals surface area contributed by atoms with Crippen molar-refractivity contribution in [2.24, 2.45) is 5.10 Å². The summed E-state index contributed by atoms with van der Waals surface area (Å²) in [4.78, 5) is 6.15. The zero-order valence-corrected chi connectivity index (χ0v) is 16.1. The van der Waals surface area contributed by atoms with E-state index in [-0.39, 0.29) is 5.15 Å². The molecule has 132 valence electrons. The van der Waals surface area contributed by atoms with E-state index in [2.05, 4.69) is 32.5 Å². The van der Waals surface area contributed by atoms with E-state index in [0.29, 0.717) is 15.9 Å². The van der Waals surface area contributed by atoms with Crippen LogP contribution in [0.5, 0.6) is 0 Å². The van der Waals surface area contributed by atoms with Gasteiger partial charge in [-0.25, -0.2) is 4.98 Å². The molecule has 0 radical (unpaired) electrons. The average molecular weight is 406 g/mol. The minimum Gasteiger partial charge on any atom is -0.345 e. The number of nitrogens with one attached hydrogen (secondary N) is 1. The van der Waals surface area contributed by atoms with Crippen LogP contribution in [0.25, 0.3) is 0 Å². The first-order valence-electron chi connectivity index (χ1n) is 7.74. The molecule has 0 saturated heterocycles. The van der Waals surface area contributed by atoms with Crippen LogP contribution in [0.1, 0.15) is 5.56 Å². The van der Waals surface area contributed by atoms with Crippen molar-refractivity contribution in [2.75, 3.05) is 17.4 Å². The summed E-state index contributed by atoms with van der Waals surface area (Å²) in [6, 6.07) is 19.7. The van der Waals surface area contributed by atoms with Gasteiger partial charge in [0, 0.05) is 18.4 Å². The molecule has 1 aromatic heterocycles. The highest BCUT2D eigenvalue weighted by molar-refractivity contribution is 6.42. The average Bonchev–Trinajstić information content (AvgIpc) is 2.66. The van der Waals surface area contributed by atoms with Crippen molar-refractivity contribution in [3.63, 3.8) is 0 Å². The number of para-hydroxylation sites is 1. The fraction of sp³-hybridized carbons (Fsp3) is 0.0526. The first-order chi connectivity index (χ1) is 12.5. The predicted octanol–water partition coefficient (Wildman–Crippen LogP) is 6.26. The molecule has 0 atom stereocenters. The van der Waals surface area contributed by atoms with E-state index in [4.69, 9.17) is 34.8 Å². The SMILES string of the molecule is CN(c1ccccc1)c1ccc(C=NNc2nc(Cl)c(Cl)cc2Cl)cc1. The van der Waals surface area contributed by atoms with Crippen molar-refractivity contribution in [1.82, 2.24) is 4.98 Å². The Hall–Kier alpha value is -2.27. The third-order valence-corrected chi connectivity index (χ3v) is 4.66. The van der Waals surface area contributed by atoms with Crippen molar-refractivity contribution in [3.8, 4) is 0 Å². The Morgan fingerprint density at radius 1 is 0.923 bits per heavy atom. The van der Waals surface area contributed by atoms with E-state index in [0.717, 1.165) is 16.9 Å². The molecular formula is C19H15Cl3N4. The number of nitrogens with zero attached hydrogens (tertiary/aromatic N) is 3. The first-order valence-corrected chi connectivity index (χ1v) is 8.87. The minimum absolute atomic E-state index is 0.169. The number of halogens is 3. The molecule has 26 heavy (non-hydrogen) atoms. The summed E-state index contributed by atoms with van der Waals surface area (Å²) in [5.74, 6) is 0.345. The number of anilines is 3.